The molecular formula is C20H27I. The lowest BCUT2D eigenvalue weighted by Crippen LogP contribution is -2.41. The Bertz CT molecular complexity index is 566. The molecule has 0 nitrogen and oxygen atoms in total. The summed E-state index contributed by atoms with van der Waals surface area (Å²) in [5, 5.41) is 0. The van der Waals surface area contributed by atoms with Crippen LogP contribution in [0.25, 0.3) is 0 Å². The predicted octanol–water partition coefficient (Wildman–Crippen LogP) is 6.41. The zero-order chi connectivity index (χ0) is 15.9. The molecule has 0 spiro atoms. The molecule has 0 saturated carbocycles. The summed E-state index contributed by atoms with van der Waals surface area (Å²) in [4.78, 5) is 0. The number of halogens is 1. The summed E-state index contributed by atoms with van der Waals surface area (Å²) in [6.07, 6.45) is 9.17. The maximum absolute atomic E-state index is 2.67. The van der Waals surface area contributed by atoms with E-state index in [1.54, 1.807) is 0 Å². The Morgan fingerprint density at radius 2 is 1.57 bits per heavy atom. The molecule has 1 aliphatic carbocycles. The van der Waals surface area contributed by atoms with Crippen molar-refractivity contribution < 1.29 is 0 Å². The Morgan fingerprint density at radius 1 is 0.952 bits per heavy atom. The molecule has 21 heavy (non-hydrogen) atoms. The second-order valence-electron chi connectivity index (χ2n) is 8.08. The van der Waals surface area contributed by atoms with Crippen molar-refractivity contribution in [1.29, 1.82) is 0 Å². The van der Waals surface area contributed by atoms with E-state index in [9.17, 15) is 0 Å². The largest absolute Gasteiger partial charge is 0.0753 e. The fourth-order valence-electron chi connectivity index (χ4n) is 3.11. The summed E-state index contributed by atoms with van der Waals surface area (Å²) in [5.41, 5.74) is 3.29. The van der Waals surface area contributed by atoms with E-state index in [1.807, 2.05) is 0 Å². The highest BCUT2D eigenvalue weighted by atomic mass is 127. The highest BCUT2D eigenvalue weighted by molar-refractivity contribution is 14.1. The smallest absolute Gasteiger partial charge is 0.0555 e. The van der Waals surface area contributed by atoms with Gasteiger partial charge in [0.05, 0.1) is 3.42 Å². The molecule has 0 radical (unpaired) electrons. The Morgan fingerprint density at radius 3 is 2.14 bits per heavy atom. The van der Waals surface area contributed by atoms with Gasteiger partial charge in [0, 0.05) is 5.92 Å². The van der Waals surface area contributed by atoms with Gasteiger partial charge in [-0.2, -0.15) is 0 Å². The SMILES string of the molecule is CC(C)(C)c1ccccc1C1C=CC=CC1(I)C(C)(C)C. The van der Waals surface area contributed by atoms with Crippen LogP contribution in [0, 0.1) is 5.41 Å². The van der Waals surface area contributed by atoms with Gasteiger partial charge in [0.2, 0.25) is 0 Å². The molecule has 0 amide bonds. The average molecular weight is 394 g/mol. The normalized spacial score (nSPS) is 26.1. The van der Waals surface area contributed by atoms with Crippen LogP contribution in [0.1, 0.15) is 58.6 Å². The highest BCUT2D eigenvalue weighted by Crippen LogP contribution is 2.53. The van der Waals surface area contributed by atoms with Crippen LogP contribution in [0.5, 0.6) is 0 Å². The van der Waals surface area contributed by atoms with E-state index in [2.05, 4.69) is 113 Å². The van der Waals surface area contributed by atoms with Gasteiger partial charge in [-0.05, 0) is 22.0 Å². The van der Waals surface area contributed by atoms with Crippen LogP contribution in [0.15, 0.2) is 48.6 Å². The van der Waals surface area contributed by atoms with Gasteiger partial charge in [-0.3, -0.25) is 0 Å². The van der Waals surface area contributed by atoms with Crippen LogP contribution < -0.4 is 0 Å². The molecule has 0 bridgehead atoms. The summed E-state index contributed by atoms with van der Waals surface area (Å²) in [6, 6.07) is 8.95. The minimum Gasteiger partial charge on any atom is -0.0753 e. The van der Waals surface area contributed by atoms with Crippen LogP contribution in [0.3, 0.4) is 0 Å². The molecule has 0 aromatic heterocycles. The first-order valence-electron chi connectivity index (χ1n) is 7.72. The molecule has 0 fully saturated rings. The van der Waals surface area contributed by atoms with Crippen molar-refractivity contribution in [3.05, 3.63) is 59.7 Å². The third-order valence-corrected chi connectivity index (χ3v) is 7.11. The van der Waals surface area contributed by atoms with Gasteiger partial charge in [-0.1, -0.05) is 113 Å². The number of alkyl halides is 1. The first kappa shape index (κ1) is 16.8. The molecule has 1 aromatic carbocycles. The average Bonchev–Trinajstić information content (AvgIpc) is 2.37. The Hall–Kier alpha value is -0.570. The maximum atomic E-state index is 2.67. The molecule has 2 atom stereocenters. The van der Waals surface area contributed by atoms with Crippen molar-refractivity contribution in [1.82, 2.24) is 0 Å². The summed E-state index contributed by atoms with van der Waals surface area (Å²) >= 11 is 2.67. The Balaban J connectivity index is 2.61. The first-order chi connectivity index (χ1) is 9.57. The van der Waals surface area contributed by atoms with Crippen LogP contribution in [-0.2, 0) is 5.41 Å². The molecule has 0 saturated heterocycles. The maximum Gasteiger partial charge on any atom is 0.0555 e. The van der Waals surface area contributed by atoms with Gasteiger partial charge in [0.15, 0.2) is 0 Å². The third-order valence-electron chi connectivity index (χ3n) is 4.46. The van der Waals surface area contributed by atoms with E-state index in [-0.39, 0.29) is 14.3 Å². The molecule has 0 aliphatic heterocycles. The van der Waals surface area contributed by atoms with Crippen molar-refractivity contribution in [2.75, 3.05) is 0 Å². The number of rotatable bonds is 1. The van der Waals surface area contributed by atoms with Crippen LogP contribution >= 0.6 is 22.6 Å². The lowest BCUT2D eigenvalue weighted by molar-refractivity contribution is 0.321. The van der Waals surface area contributed by atoms with E-state index in [0.29, 0.717) is 5.92 Å². The summed E-state index contributed by atoms with van der Waals surface area (Å²) in [5.74, 6) is 0.415. The molecule has 114 valence electrons. The molecule has 1 aromatic rings. The predicted molar refractivity (Wildman–Crippen MR) is 102 cm³/mol. The lowest BCUT2D eigenvalue weighted by Gasteiger charge is -2.45. The fraction of sp³-hybridized carbons (Fsp3) is 0.500. The van der Waals surface area contributed by atoms with Crippen molar-refractivity contribution in [2.24, 2.45) is 5.41 Å². The highest BCUT2D eigenvalue weighted by Gasteiger charge is 2.45. The molecular weight excluding hydrogens is 367 g/mol. The molecule has 2 rings (SSSR count). The number of hydrogen-bond donors (Lipinski definition) is 0. The van der Waals surface area contributed by atoms with Crippen LogP contribution in [0.2, 0.25) is 0 Å². The number of hydrogen-bond acceptors (Lipinski definition) is 0. The second-order valence-corrected chi connectivity index (χ2v) is 9.86. The monoisotopic (exact) mass is 394 g/mol. The van der Waals surface area contributed by atoms with Crippen molar-refractivity contribution >= 4 is 22.6 Å². The van der Waals surface area contributed by atoms with E-state index in [4.69, 9.17) is 0 Å². The van der Waals surface area contributed by atoms with Crippen molar-refractivity contribution in [2.45, 2.75) is 56.3 Å². The number of allylic oxidation sites excluding steroid dienone is 4. The Labute approximate surface area is 143 Å². The van der Waals surface area contributed by atoms with Gasteiger partial charge in [-0.15, -0.1) is 0 Å². The zero-order valence-corrected chi connectivity index (χ0v) is 16.2. The molecule has 2 unspecified atom stereocenters. The minimum absolute atomic E-state index is 0.0981. The summed E-state index contributed by atoms with van der Waals surface area (Å²) in [7, 11) is 0. The molecule has 0 heterocycles. The van der Waals surface area contributed by atoms with Crippen LogP contribution in [-0.4, -0.2) is 3.42 Å². The van der Waals surface area contributed by atoms with Crippen molar-refractivity contribution in [3.63, 3.8) is 0 Å². The van der Waals surface area contributed by atoms with E-state index >= 15 is 0 Å². The van der Waals surface area contributed by atoms with E-state index in [1.165, 1.54) is 11.1 Å². The number of benzene rings is 1. The first-order valence-corrected chi connectivity index (χ1v) is 8.79. The Kier molecular flexibility index (Phi) is 4.45. The van der Waals surface area contributed by atoms with Crippen LogP contribution in [0.4, 0.5) is 0 Å². The van der Waals surface area contributed by atoms with Gasteiger partial charge < -0.3 is 0 Å². The minimum atomic E-state index is 0.0981. The third kappa shape index (κ3) is 3.13. The standard InChI is InChI=1S/C20H27I/c1-18(2,3)16-12-8-7-11-15(16)17-13-9-10-14-20(17,21)19(4,5)6/h7-14,17H,1-6H3. The van der Waals surface area contributed by atoms with Gasteiger partial charge in [0.25, 0.3) is 0 Å². The van der Waals surface area contributed by atoms with E-state index < -0.39 is 0 Å². The molecule has 1 aliphatic rings. The topological polar surface area (TPSA) is 0 Å². The quantitative estimate of drug-likeness (QED) is 0.381. The molecule has 0 N–H and O–H groups in total. The second kappa shape index (κ2) is 5.57. The summed E-state index contributed by atoms with van der Waals surface area (Å²) in [6.45, 7) is 13.9. The van der Waals surface area contributed by atoms with Gasteiger partial charge in [0.1, 0.15) is 0 Å². The zero-order valence-electron chi connectivity index (χ0n) is 14.1. The van der Waals surface area contributed by atoms with Gasteiger partial charge in [-0.25, -0.2) is 0 Å². The van der Waals surface area contributed by atoms with Gasteiger partial charge >= 0.3 is 0 Å². The van der Waals surface area contributed by atoms with Crippen molar-refractivity contribution in [3.8, 4) is 0 Å². The fourth-order valence-corrected chi connectivity index (χ4v) is 3.86. The summed E-state index contributed by atoms with van der Waals surface area (Å²) < 4.78 is 0.0981. The van der Waals surface area contributed by atoms with E-state index in [0.717, 1.165) is 0 Å². The lowest BCUT2D eigenvalue weighted by atomic mass is 9.66. The molecule has 1 heteroatoms.